The number of ether oxygens (including phenoxy) is 1. The SMILES string of the molecule is NC(=O)C1(NC(=O)N[C@@H]2CC3(CCCCC3)Oc3ccccc32)CCCC1. The van der Waals surface area contributed by atoms with Gasteiger partial charge < -0.3 is 21.1 Å². The number of hydrogen-bond donors (Lipinski definition) is 3. The smallest absolute Gasteiger partial charge is 0.316 e. The fourth-order valence-corrected chi connectivity index (χ4v) is 5.07. The third-order valence-corrected chi connectivity index (χ3v) is 6.55. The number of nitrogens with one attached hydrogen (secondary N) is 2. The van der Waals surface area contributed by atoms with Crippen molar-refractivity contribution in [3.63, 3.8) is 0 Å². The van der Waals surface area contributed by atoms with Crippen molar-refractivity contribution in [2.75, 3.05) is 0 Å². The zero-order valence-electron chi connectivity index (χ0n) is 15.8. The van der Waals surface area contributed by atoms with Crippen molar-refractivity contribution in [3.05, 3.63) is 29.8 Å². The number of benzene rings is 1. The predicted molar refractivity (Wildman–Crippen MR) is 102 cm³/mol. The van der Waals surface area contributed by atoms with Crippen LogP contribution in [0.5, 0.6) is 5.75 Å². The summed E-state index contributed by atoms with van der Waals surface area (Å²) in [5, 5.41) is 6.01. The average molecular weight is 371 g/mol. The molecule has 1 aromatic carbocycles. The van der Waals surface area contributed by atoms with Gasteiger partial charge in [-0.2, -0.15) is 0 Å². The molecule has 146 valence electrons. The molecule has 0 radical (unpaired) electrons. The first-order valence-corrected chi connectivity index (χ1v) is 10.2. The Morgan fingerprint density at radius 1 is 1.00 bits per heavy atom. The largest absolute Gasteiger partial charge is 0.487 e. The monoisotopic (exact) mass is 371 g/mol. The van der Waals surface area contributed by atoms with Crippen LogP contribution in [0.4, 0.5) is 4.79 Å². The first kappa shape index (κ1) is 18.1. The summed E-state index contributed by atoms with van der Waals surface area (Å²) in [5.74, 6) is 0.424. The van der Waals surface area contributed by atoms with E-state index in [0.29, 0.717) is 12.8 Å². The van der Waals surface area contributed by atoms with Crippen molar-refractivity contribution in [3.8, 4) is 5.75 Å². The molecule has 6 heteroatoms. The lowest BCUT2D eigenvalue weighted by atomic mass is 9.77. The number of rotatable bonds is 3. The number of primary amides is 1. The first-order chi connectivity index (χ1) is 13.0. The molecule has 4 rings (SSSR count). The molecule has 1 atom stereocenters. The minimum absolute atomic E-state index is 0.126. The molecule has 0 aromatic heterocycles. The Bertz CT molecular complexity index is 721. The molecule has 0 unspecified atom stereocenters. The molecule has 6 nitrogen and oxygen atoms in total. The van der Waals surface area contributed by atoms with Gasteiger partial charge in [0.15, 0.2) is 0 Å². The summed E-state index contributed by atoms with van der Waals surface area (Å²) in [6.45, 7) is 0. The average Bonchev–Trinajstić information content (AvgIpc) is 3.12. The summed E-state index contributed by atoms with van der Waals surface area (Å²) in [6.07, 6.45) is 9.41. The van der Waals surface area contributed by atoms with E-state index in [1.54, 1.807) is 0 Å². The number of carbonyl (C=O) groups excluding carboxylic acids is 2. The van der Waals surface area contributed by atoms with Gasteiger partial charge >= 0.3 is 6.03 Å². The van der Waals surface area contributed by atoms with Crippen molar-refractivity contribution >= 4 is 11.9 Å². The Morgan fingerprint density at radius 3 is 2.37 bits per heavy atom. The highest BCUT2D eigenvalue weighted by Crippen LogP contribution is 2.46. The second-order valence-corrected chi connectivity index (χ2v) is 8.39. The van der Waals surface area contributed by atoms with Crippen LogP contribution in [0, 0.1) is 0 Å². The summed E-state index contributed by atoms with van der Waals surface area (Å²) in [7, 11) is 0. The Kier molecular flexibility index (Phi) is 4.74. The maximum atomic E-state index is 12.8. The van der Waals surface area contributed by atoms with Gasteiger partial charge in [-0.25, -0.2) is 4.79 Å². The van der Waals surface area contributed by atoms with Crippen LogP contribution in [0.25, 0.3) is 0 Å². The third kappa shape index (κ3) is 3.49. The minimum Gasteiger partial charge on any atom is -0.487 e. The quantitative estimate of drug-likeness (QED) is 0.761. The molecule has 1 spiro atoms. The number of hydrogen-bond acceptors (Lipinski definition) is 3. The van der Waals surface area contributed by atoms with E-state index in [2.05, 4.69) is 10.6 Å². The Morgan fingerprint density at radius 2 is 1.67 bits per heavy atom. The van der Waals surface area contributed by atoms with Crippen LogP contribution in [0.1, 0.15) is 75.8 Å². The van der Waals surface area contributed by atoms with Crippen LogP contribution in [-0.4, -0.2) is 23.1 Å². The van der Waals surface area contributed by atoms with E-state index < -0.39 is 11.4 Å². The van der Waals surface area contributed by atoms with Gasteiger partial charge in [-0.15, -0.1) is 0 Å². The van der Waals surface area contributed by atoms with Crippen LogP contribution in [0.15, 0.2) is 24.3 Å². The van der Waals surface area contributed by atoms with Gasteiger partial charge in [0.05, 0.1) is 6.04 Å². The topological polar surface area (TPSA) is 93.5 Å². The van der Waals surface area contributed by atoms with Gasteiger partial charge in [0.2, 0.25) is 5.91 Å². The highest BCUT2D eigenvalue weighted by atomic mass is 16.5. The van der Waals surface area contributed by atoms with E-state index in [0.717, 1.165) is 56.3 Å². The van der Waals surface area contributed by atoms with Crippen LogP contribution < -0.4 is 21.1 Å². The summed E-state index contributed by atoms with van der Waals surface area (Å²) < 4.78 is 6.42. The molecule has 2 fully saturated rings. The van der Waals surface area contributed by atoms with Gasteiger partial charge in [-0.05, 0) is 44.6 Å². The van der Waals surface area contributed by atoms with Crippen LogP contribution in [0.2, 0.25) is 0 Å². The molecule has 1 aromatic rings. The number of nitrogens with two attached hydrogens (primary N) is 1. The van der Waals surface area contributed by atoms with E-state index >= 15 is 0 Å². The lowest BCUT2D eigenvalue weighted by Crippen LogP contribution is -2.59. The molecule has 2 aliphatic carbocycles. The van der Waals surface area contributed by atoms with Gasteiger partial charge in [0.1, 0.15) is 16.9 Å². The standard InChI is InChI=1S/C21H29N3O3/c22-18(25)21(12-6-7-13-21)24-19(26)23-16-14-20(10-4-1-5-11-20)27-17-9-3-2-8-15(16)17/h2-3,8-9,16H,1,4-7,10-14H2,(H2,22,25)(H2,23,24,26)/t16-/m1/s1. The Balaban J connectivity index is 1.53. The molecule has 1 aliphatic heterocycles. The van der Waals surface area contributed by atoms with Gasteiger partial charge in [0.25, 0.3) is 0 Å². The van der Waals surface area contributed by atoms with Gasteiger partial charge in [-0.3, -0.25) is 4.79 Å². The van der Waals surface area contributed by atoms with E-state index in [1.165, 1.54) is 6.42 Å². The molecule has 3 amide bonds. The summed E-state index contributed by atoms with van der Waals surface area (Å²) in [5.41, 5.74) is 5.50. The molecule has 27 heavy (non-hydrogen) atoms. The molecular weight excluding hydrogens is 342 g/mol. The second kappa shape index (κ2) is 7.06. The number of para-hydroxylation sites is 1. The van der Waals surface area contributed by atoms with E-state index in [9.17, 15) is 9.59 Å². The molecular formula is C21H29N3O3. The lowest BCUT2D eigenvalue weighted by Gasteiger charge is -2.44. The number of carbonyl (C=O) groups is 2. The van der Waals surface area contributed by atoms with E-state index in [-0.39, 0.29) is 17.7 Å². The number of amides is 3. The molecule has 1 heterocycles. The van der Waals surface area contributed by atoms with Crippen LogP contribution in [-0.2, 0) is 4.79 Å². The van der Waals surface area contributed by atoms with Gasteiger partial charge in [-0.1, -0.05) is 37.5 Å². The molecule has 2 saturated carbocycles. The van der Waals surface area contributed by atoms with Crippen LogP contribution in [0.3, 0.4) is 0 Å². The fraction of sp³-hybridized carbons (Fsp3) is 0.619. The summed E-state index contributed by atoms with van der Waals surface area (Å²) >= 11 is 0. The van der Waals surface area contributed by atoms with Crippen molar-refractivity contribution < 1.29 is 14.3 Å². The second-order valence-electron chi connectivity index (χ2n) is 8.39. The zero-order valence-corrected chi connectivity index (χ0v) is 15.8. The normalized spacial score (nSPS) is 25.3. The molecule has 4 N–H and O–H groups in total. The molecule has 3 aliphatic rings. The Labute approximate surface area is 160 Å². The van der Waals surface area contributed by atoms with Crippen molar-refractivity contribution in [1.82, 2.24) is 10.6 Å². The maximum Gasteiger partial charge on any atom is 0.316 e. The lowest BCUT2D eigenvalue weighted by molar-refractivity contribution is -0.123. The third-order valence-electron chi connectivity index (χ3n) is 6.55. The van der Waals surface area contributed by atoms with Crippen molar-refractivity contribution in [1.29, 1.82) is 0 Å². The van der Waals surface area contributed by atoms with Crippen molar-refractivity contribution in [2.45, 2.75) is 81.4 Å². The Hall–Kier alpha value is -2.24. The van der Waals surface area contributed by atoms with Gasteiger partial charge in [0, 0.05) is 12.0 Å². The minimum atomic E-state index is -0.905. The van der Waals surface area contributed by atoms with E-state index in [1.807, 2.05) is 24.3 Å². The van der Waals surface area contributed by atoms with Crippen molar-refractivity contribution in [2.24, 2.45) is 5.73 Å². The predicted octanol–water partition coefficient (Wildman–Crippen LogP) is 3.31. The first-order valence-electron chi connectivity index (χ1n) is 10.2. The highest BCUT2D eigenvalue weighted by Gasteiger charge is 2.44. The molecule has 0 bridgehead atoms. The highest BCUT2D eigenvalue weighted by molar-refractivity contribution is 5.90. The fourth-order valence-electron chi connectivity index (χ4n) is 5.07. The van der Waals surface area contributed by atoms with E-state index in [4.69, 9.17) is 10.5 Å². The summed E-state index contributed by atoms with van der Waals surface area (Å²) in [6, 6.07) is 7.49. The summed E-state index contributed by atoms with van der Waals surface area (Å²) in [4.78, 5) is 24.7. The molecule has 0 saturated heterocycles. The number of fused-ring (bicyclic) bond motifs is 1. The maximum absolute atomic E-state index is 12.8. The number of urea groups is 1. The van der Waals surface area contributed by atoms with Crippen LogP contribution >= 0.6 is 0 Å². The zero-order chi connectivity index (χ0) is 18.9.